The van der Waals surface area contributed by atoms with Crippen molar-refractivity contribution in [3.63, 3.8) is 0 Å². The average Bonchev–Trinajstić information content (AvgIpc) is 2.47. The molecule has 2 nitrogen and oxygen atoms in total. The van der Waals surface area contributed by atoms with Gasteiger partial charge in [0.25, 0.3) is 0 Å². The first-order valence-electron chi connectivity index (χ1n) is 8.13. The van der Waals surface area contributed by atoms with Gasteiger partial charge in [0.1, 0.15) is 0 Å². The summed E-state index contributed by atoms with van der Waals surface area (Å²) < 4.78 is 12.7. The molecular weight excluding hydrogens is 278 g/mol. The lowest BCUT2D eigenvalue weighted by Gasteiger charge is -2.27. The lowest BCUT2D eigenvalue weighted by atomic mass is 9.91. The molecule has 1 aromatic carbocycles. The molecule has 1 N–H and O–H groups in total. The zero-order chi connectivity index (χ0) is 15.4. The summed E-state index contributed by atoms with van der Waals surface area (Å²) in [6.07, 6.45) is 4.82. The molecule has 0 radical (unpaired) electrons. The molecule has 21 heavy (non-hydrogen) atoms. The zero-order valence-corrected chi connectivity index (χ0v) is 14.6. The van der Waals surface area contributed by atoms with Crippen molar-refractivity contribution in [2.45, 2.75) is 57.7 Å². The third-order valence-corrected chi connectivity index (χ3v) is 6.71. The topological polar surface area (TPSA) is 29.1 Å². The highest BCUT2D eigenvalue weighted by atomic mass is 32.2. The van der Waals surface area contributed by atoms with E-state index >= 15 is 0 Å². The maximum Gasteiger partial charge on any atom is 0.0434 e. The van der Waals surface area contributed by atoms with Gasteiger partial charge in [-0.3, -0.25) is 4.21 Å². The molecule has 1 saturated carbocycles. The summed E-state index contributed by atoms with van der Waals surface area (Å²) in [6.45, 7) is 6.57. The predicted octanol–water partition coefficient (Wildman–Crippen LogP) is 3.89. The first kappa shape index (κ1) is 16.7. The standard InChI is InChI=1S/C18H29NOS/c1-13-6-5-7-17(10-13)21(20)12-18(19-4)16-9-8-14(2)15(3)11-16/h8-9,11,13,17-19H,5-7,10,12H2,1-4H3. The van der Waals surface area contributed by atoms with Crippen LogP contribution in [0, 0.1) is 19.8 Å². The molecule has 0 saturated heterocycles. The normalized spacial score (nSPS) is 25.5. The number of hydrogen-bond donors (Lipinski definition) is 1. The largest absolute Gasteiger partial charge is 0.312 e. The Bertz CT molecular complexity index is 500. The van der Waals surface area contributed by atoms with Gasteiger partial charge in [-0.05, 0) is 56.3 Å². The molecule has 1 fully saturated rings. The molecule has 2 rings (SSSR count). The monoisotopic (exact) mass is 307 g/mol. The molecular formula is C18H29NOS. The van der Waals surface area contributed by atoms with E-state index in [9.17, 15) is 4.21 Å². The molecule has 1 aliphatic carbocycles. The summed E-state index contributed by atoms with van der Waals surface area (Å²) in [5.41, 5.74) is 3.89. The van der Waals surface area contributed by atoms with Crippen molar-refractivity contribution < 1.29 is 4.21 Å². The van der Waals surface area contributed by atoms with E-state index in [1.54, 1.807) is 0 Å². The van der Waals surface area contributed by atoms with Crippen LogP contribution in [-0.2, 0) is 10.8 Å². The van der Waals surface area contributed by atoms with Gasteiger partial charge in [0, 0.05) is 27.8 Å². The van der Waals surface area contributed by atoms with Gasteiger partial charge in [-0.25, -0.2) is 0 Å². The highest BCUT2D eigenvalue weighted by Gasteiger charge is 2.26. The van der Waals surface area contributed by atoms with Crippen molar-refractivity contribution in [3.8, 4) is 0 Å². The Morgan fingerprint density at radius 3 is 2.67 bits per heavy atom. The van der Waals surface area contributed by atoms with Crippen LogP contribution in [-0.4, -0.2) is 22.3 Å². The maximum atomic E-state index is 12.7. The molecule has 0 bridgehead atoms. The molecule has 0 aromatic heterocycles. The van der Waals surface area contributed by atoms with Crippen molar-refractivity contribution in [1.82, 2.24) is 5.32 Å². The first-order valence-corrected chi connectivity index (χ1v) is 9.51. The molecule has 3 heteroatoms. The minimum Gasteiger partial charge on any atom is -0.312 e. The van der Waals surface area contributed by atoms with Crippen LogP contribution in [0.1, 0.15) is 55.3 Å². The van der Waals surface area contributed by atoms with E-state index in [0.717, 1.165) is 24.5 Å². The van der Waals surface area contributed by atoms with Gasteiger partial charge < -0.3 is 5.32 Å². The van der Waals surface area contributed by atoms with Crippen LogP contribution in [0.25, 0.3) is 0 Å². The Labute approximate surface area is 132 Å². The van der Waals surface area contributed by atoms with Crippen molar-refractivity contribution in [2.75, 3.05) is 12.8 Å². The van der Waals surface area contributed by atoms with Crippen LogP contribution in [0.15, 0.2) is 18.2 Å². The van der Waals surface area contributed by atoms with Crippen molar-refractivity contribution in [2.24, 2.45) is 5.92 Å². The molecule has 4 atom stereocenters. The number of benzene rings is 1. The molecule has 1 aliphatic rings. The highest BCUT2D eigenvalue weighted by Crippen LogP contribution is 2.28. The van der Waals surface area contributed by atoms with E-state index < -0.39 is 10.8 Å². The maximum absolute atomic E-state index is 12.7. The Balaban J connectivity index is 2.04. The first-order chi connectivity index (χ1) is 10.0. The Morgan fingerprint density at radius 2 is 2.05 bits per heavy atom. The van der Waals surface area contributed by atoms with E-state index in [1.807, 2.05) is 7.05 Å². The van der Waals surface area contributed by atoms with Gasteiger partial charge in [0.15, 0.2) is 0 Å². The third kappa shape index (κ3) is 4.40. The van der Waals surface area contributed by atoms with E-state index in [2.05, 4.69) is 44.3 Å². The van der Waals surface area contributed by atoms with Crippen molar-refractivity contribution >= 4 is 10.8 Å². The lowest BCUT2D eigenvalue weighted by Crippen LogP contribution is -2.30. The summed E-state index contributed by atoms with van der Waals surface area (Å²) >= 11 is 0. The SMILES string of the molecule is CNC(CS(=O)C1CCCC(C)C1)c1ccc(C)c(C)c1. The Kier molecular flexibility index (Phi) is 6.00. The average molecular weight is 308 g/mol. The van der Waals surface area contributed by atoms with E-state index in [1.165, 1.54) is 29.5 Å². The van der Waals surface area contributed by atoms with Crippen molar-refractivity contribution in [1.29, 1.82) is 0 Å². The van der Waals surface area contributed by atoms with Crippen LogP contribution in [0.4, 0.5) is 0 Å². The summed E-state index contributed by atoms with van der Waals surface area (Å²) in [7, 11) is 1.24. The number of nitrogens with one attached hydrogen (secondary N) is 1. The van der Waals surface area contributed by atoms with E-state index in [4.69, 9.17) is 0 Å². The van der Waals surface area contributed by atoms with Crippen LogP contribution in [0.2, 0.25) is 0 Å². The predicted molar refractivity (Wildman–Crippen MR) is 92.1 cm³/mol. The summed E-state index contributed by atoms with van der Waals surface area (Å²) in [5, 5.41) is 3.75. The fourth-order valence-corrected chi connectivity index (χ4v) is 5.18. The van der Waals surface area contributed by atoms with Gasteiger partial charge >= 0.3 is 0 Å². The smallest absolute Gasteiger partial charge is 0.0434 e. The van der Waals surface area contributed by atoms with Crippen LogP contribution in [0.5, 0.6) is 0 Å². The molecule has 118 valence electrons. The molecule has 0 spiro atoms. The van der Waals surface area contributed by atoms with Crippen LogP contribution >= 0.6 is 0 Å². The second-order valence-electron chi connectivity index (χ2n) is 6.63. The molecule has 4 unspecified atom stereocenters. The molecule has 0 heterocycles. The van der Waals surface area contributed by atoms with Gasteiger partial charge in [-0.15, -0.1) is 0 Å². The minimum absolute atomic E-state index is 0.197. The molecule has 1 aromatic rings. The minimum atomic E-state index is -0.732. The fourth-order valence-electron chi connectivity index (χ4n) is 3.25. The van der Waals surface area contributed by atoms with Gasteiger partial charge in [0.2, 0.25) is 0 Å². The highest BCUT2D eigenvalue weighted by molar-refractivity contribution is 7.85. The van der Waals surface area contributed by atoms with Gasteiger partial charge in [-0.2, -0.15) is 0 Å². The fraction of sp³-hybridized carbons (Fsp3) is 0.667. The van der Waals surface area contributed by atoms with E-state index in [0.29, 0.717) is 5.25 Å². The summed E-state index contributed by atoms with van der Waals surface area (Å²) in [5.74, 6) is 1.47. The second kappa shape index (κ2) is 7.55. The molecule has 0 aliphatic heterocycles. The van der Waals surface area contributed by atoms with Crippen LogP contribution in [0.3, 0.4) is 0 Å². The Hall–Kier alpha value is -0.670. The summed E-state index contributed by atoms with van der Waals surface area (Å²) in [4.78, 5) is 0. The number of rotatable bonds is 5. The number of hydrogen-bond acceptors (Lipinski definition) is 2. The Morgan fingerprint density at radius 1 is 1.29 bits per heavy atom. The zero-order valence-electron chi connectivity index (χ0n) is 13.8. The van der Waals surface area contributed by atoms with Gasteiger partial charge in [-0.1, -0.05) is 38.0 Å². The number of aryl methyl sites for hydroxylation is 2. The van der Waals surface area contributed by atoms with Gasteiger partial charge in [0.05, 0.1) is 0 Å². The molecule has 0 amide bonds. The summed E-state index contributed by atoms with van der Waals surface area (Å²) in [6, 6.07) is 6.77. The van der Waals surface area contributed by atoms with Crippen molar-refractivity contribution in [3.05, 3.63) is 34.9 Å². The second-order valence-corrected chi connectivity index (χ2v) is 8.39. The third-order valence-electron chi connectivity index (χ3n) is 4.87. The van der Waals surface area contributed by atoms with Crippen LogP contribution < -0.4 is 5.32 Å². The lowest BCUT2D eigenvalue weighted by molar-refractivity contribution is 0.388. The quantitative estimate of drug-likeness (QED) is 0.894. The van der Waals surface area contributed by atoms with E-state index in [-0.39, 0.29) is 6.04 Å².